The second kappa shape index (κ2) is 26.6. The summed E-state index contributed by atoms with van der Waals surface area (Å²) in [6.07, 6.45) is 35.1. The first-order chi connectivity index (χ1) is 28.6. The number of nitrogens with two attached hydrogens (primary N) is 2. The van der Waals surface area contributed by atoms with E-state index in [1.165, 1.54) is 200 Å². The van der Waals surface area contributed by atoms with Gasteiger partial charge in [0, 0.05) is 29.1 Å². The number of rotatable bonds is 28. The third kappa shape index (κ3) is 15.6. The van der Waals surface area contributed by atoms with Gasteiger partial charge in [-0.25, -0.2) is 0 Å². The highest BCUT2D eigenvalue weighted by atomic mass is 14.5. The minimum absolute atomic E-state index is 0.408. The van der Waals surface area contributed by atoms with Crippen molar-refractivity contribution >= 4 is 11.4 Å². The summed E-state index contributed by atoms with van der Waals surface area (Å²) in [7, 11) is 0. The number of benzene rings is 4. The Morgan fingerprint density at radius 2 is 0.638 bits per heavy atom. The summed E-state index contributed by atoms with van der Waals surface area (Å²) in [5, 5.41) is 0. The van der Waals surface area contributed by atoms with Gasteiger partial charge in [0.1, 0.15) is 0 Å². The second-order valence-corrected chi connectivity index (χ2v) is 18.3. The molecule has 5 rings (SSSR count). The van der Waals surface area contributed by atoms with Gasteiger partial charge in [-0.15, -0.1) is 0 Å². The van der Waals surface area contributed by atoms with Gasteiger partial charge in [-0.2, -0.15) is 0 Å². The third-order valence-electron chi connectivity index (χ3n) is 13.7. The number of unbranched alkanes of at least 4 members (excludes halogenated alkanes) is 14. The van der Waals surface area contributed by atoms with E-state index in [-0.39, 0.29) is 0 Å². The van der Waals surface area contributed by atoms with Gasteiger partial charge in [-0.3, -0.25) is 0 Å². The number of hydrogen-bond donors (Lipinski definition) is 2. The predicted octanol–water partition coefficient (Wildman–Crippen LogP) is 17.1. The van der Waals surface area contributed by atoms with E-state index >= 15 is 0 Å². The molecule has 0 saturated heterocycles. The Balaban J connectivity index is 1.31. The summed E-state index contributed by atoms with van der Waals surface area (Å²) < 4.78 is 0. The smallest absolute Gasteiger partial charge is 0.0314 e. The van der Waals surface area contributed by atoms with Gasteiger partial charge in [0.25, 0.3) is 0 Å². The molecule has 0 bridgehead atoms. The molecule has 1 saturated carbocycles. The fourth-order valence-electron chi connectivity index (χ4n) is 10.0. The van der Waals surface area contributed by atoms with Crippen LogP contribution in [0.25, 0.3) is 0 Å². The predicted molar refractivity (Wildman–Crippen MR) is 255 cm³/mol. The lowest BCUT2D eigenvalue weighted by atomic mass is 9.80. The van der Waals surface area contributed by atoms with Gasteiger partial charge in [0.15, 0.2) is 0 Å². The van der Waals surface area contributed by atoms with E-state index < -0.39 is 0 Å². The molecular weight excluding hydrogens is 701 g/mol. The quantitative estimate of drug-likeness (QED) is 0.0445. The van der Waals surface area contributed by atoms with E-state index in [2.05, 4.69) is 111 Å². The lowest BCUT2D eigenvalue weighted by molar-refractivity contribution is 0.328. The molecule has 2 nitrogen and oxygen atoms in total. The highest BCUT2D eigenvalue weighted by Crippen LogP contribution is 2.38. The Labute approximate surface area is 356 Å². The van der Waals surface area contributed by atoms with Crippen LogP contribution in [0.4, 0.5) is 11.4 Å². The molecule has 4 aromatic carbocycles. The number of nitrogen functional groups attached to an aromatic ring is 2. The van der Waals surface area contributed by atoms with Crippen molar-refractivity contribution in [3.63, 3.8) is 0 Å². The molecule has 1 aliphatic carbocycles. The maximum atomic E-state index is 6.16. The number of anilines is 2. The molecule has 0 aromatic heterocycles. The molecular formula is C56H82N2. The maximum absolute atomic E-state index is 6.16. The van der Waals surface area contributed by atoms with Crippen molar-refractivity contribution in [1.82, 2.24) is 0 Å². The Morgan fingerprint density at radius 3 is 0.966 bits per heavy atom. The molecule has 2 heteroatoms. The van der Waals surface area contributed by atoms with Crippen molar-refractivity contribution in [2.75, 3.05) is 11.5 Å². The molecule has 1 aliphatic rings. The topological polar surface area (TPSA) is 52.0 Å². The molecule has 0 spiro atoms. The molecule has 4 N–H and O–H groups in total. The van der Waals surface area contributed by atoms with E-state index in [4.69, 9.17) is 11.5 Å². The molecule has 316 valence electrons. The lowest BCUT2D eigenvalue weighted by Crippen LogP contribution is -2.08. The van der Waals surface area contributed by atoms with Crippen molar-refractivity contribution in [3.05, 3.63) is 130 Å². The third-order valence-corrected chi connectivity index (χ3v) is 13.7. The monoisotopic (exact) mass is 783 g/mol. The minimum atomic E-state index is 0.408. The van der Waals surface area contributed by atoms with Gasteiger partial charge in [0.2, 0.25) is 0 Å². The zero-order valence-corrected chi connectivity index (χ0v) is 37.1. The van der Waals surface area contributed by atoms with Crippen molar-refractivity contribution in [3.8, 4) is 0 Å². The fourth-order valence-corrected chi connectivity index (χ4v) is 10.0. The Hall–Kier alpha value is -3.52. The molecule has 0 radical (unpaired) electrons. The van der Waals surface area contributed by atoms with Crippen LogP contribution in [0, 0.1) is 5.92 Å². The van der Waals surface area contributed by atoms with Crippen LogP contribution in [0.15, 0.2) is 97.1 Å². The Bertz CT molecular complexity index is 1500. The standard InChI is InChI=1S/C56H82N2/c1-3-5-7-9-11-13-15-20-26-54(50-37-41-52(57)42-38-50)46-29-33-48(34-30-46)56(28-22-25-45-23-18-17-19-24-45)49-35-31-47(32-36-49)55(51-39-43-53(58)44-40-51)27-21-16-14-12-10-8-6-4-2/h29-45,54-56H,3-28,57-58H2,1-2H3. The van der Waals surface area contributed by atoms with Crippen LogP contribution in [-0.4, -0.2) is 0 Å². The molecule has 0 aliphatic heterocycles. The van der Waals surface area contributed by atoms with E-state index in [0.717, 1.165) is 17.3 Å². The molecule has 0 amide bonds. The van der Waals surface area contributed by atoms with Gasteiger partial charge >= 0.3 is 0 Å². The normalized spacial score (nSPS) is 15.0. The van der Waals surface area contributed by atoms with E-state index in [1.54, 1.807) is 0 Å². The second-order valence-electron chi connectivity index (χ2n) is 18.3. The first-order valence-electron chi connectivity index (χ1n) is 24.5. The zero-order valence-electron chi connectivity index (χ0n) is 37.1. The minimum Gasteiger partial charge on any atom is -0.399 e. The molecule has 2 atom stereocenters. The number of hydrogen-bond acceptors (Lipinski definition) is 2. The summed E-state index contributed by atoms with van der Waals surface area (Å²) in [5.41, 5.74) is 22.6. The van der Waals surface area contributed by atoms with Crippen LogP contribution in [0.1, 0.15) is 232 Å². The highest BCUT2D eigenvalue weighted by molar-refractivity contribution is 5.45. The van der Waals surface area contributed by atoms with Crippen LogP contribution in [0.5, 0.6) is 0 Å². The Morgan fingerprint density at radius 1 is 0.362 bits per heavy atom. The van der Waals surface area contributed by atoms with Gasteiger partial charge in [-0.1, -0.05) is 234 Å². The molecule has 2 unspecified atom stereocenters. The summed E-state index contributed by atoms with van der Waals surface area (Å²) in [5.74, 6) is 2.15. The van der Waals surface area contributed by atoms with Crippen LogP contribution in [0.3, 0.4) is 0 Å². The first kappa shape index (κ1) is 45.6. The summed E-state index contributed by atoms with van der Waals surface area (Å²) in [6, 6.07) is 37.2. The van der Waals surface area contributed by atoms with Crippen molar-refractivity contribution < 1.29 is 0 Å². The van der Waals surface area contributed by atoms with Gasteiger partial charge < -0.3 is 11.5 Å². The highest BCUT2D eigenvalue weighted by Gasteiger charge is 2.21. The van der Waals surface area contributed by atoms with E-state index in [0.29, 0.717) is 17.8 Å². The average Bonchev–Trinajstić information content (AvgIpc) is 3.26. The maximum Gasteiger partial charge on any atom is 0.0314 e. The van der Waals surface area contributed by atoms with E-state index in [1.807, 2.05) is 0 Å². The summed E-state index contributed by atoms with van der Waals surface area (Å²) >= 11 is 0. The fraction of sp³-hybridized carbons (Fsp3) is 0.571. The lowest BCUT2D eigenvalue weighted by Gasteiger charge is -2.25. The van der Waals surface area contributed by atoms with Crippen molar-refractivity contribution in [2.45, 2.75) is 199 Å². The van der Waals surface area contributed by atoms with Gasteiger partial charge in [-0.05, 0) is 82.8 Å². The molecule has 1 fully saturated rings. The van der Waals surface area contributed by atoms with Crippen molar-refractivity contribution in [1.29, 1.82) is 0 Å². The average molecular weight is 783 g/mol. The van der Waals surface area contributed by atoms with Crippen LogP contribution < -0.4 is 11.5 Å². The zero-order chi connectivity index (χ0) is 40.6. The van der Waals surface area contributed by atoms with E-state index in [9.17, 15) is 0 Å². The molecule has 0 heterocycles. The van der Waals surface area contributed by atoms with Crippen LogP contribution >= 0.6 is 0 Å². The van der Waals surface area contributed by atoms with Crippen LogP contribution in [-0.2, 0) is 0 Å². The van der Waals surface area contributed by atoms with Crippen LogP contribution in [0.2, 0.25) is 0 Å². The summed E-state index contributed by atoms with van der Waals surface area (Å²) in [4.78, 5) is 0. The Kier molecular flexibility index (Phi) is 20.9. The largest absolute Gasteiger partial charge is 0.399 e. The molecule has 58 heavy (non-hydrogen) atoms. The molecule has 4 aromatic rings. The summed E-state index contributed by atoms with van der Waals surface area (Å²) in [6.45, 7) is 4.61. The first-order valence-corrected chi connectivity index (χ1v) is 24.5. The van der Waals surface area contributed by atoms with Crippen molar-refractivity contribution in [2.24, 2.45) is 5.92 Å². The van der Waals surface area contributed by atoms with Gasteiger partial charge in [0.05, 0.1) is 0 Å². The SMILES string of the molecule is CCCCCCCCCCC(c1ccc(N)cc1)c1ccc(C(CCCC2CCCCC2)c2ccc(C(CCCCCCCCCC)c3ccc(N)cc3)cc2)cc1.